The van der Waals surface area contributed by atoms with Crippen LogP contribution in [0.2, 0.25) is 5.02 Å². The molecule has 0 aliphatic heterocycles. The molecule has 0 saturated heterocycles. The smallest absolute Gasteiger partial charge is 0.270 e. The van der Waals surface area contributed by atoms with Gasteiger partial charge < -0.3 is 10.1 Å². The van der Waals surface area contributed by atoms with Crippen LogP contribution in [0.4, 0.5) is 17.1 Å². The zero-order chi connectivity index (χ0) is 20.3. The van der Waals surface area contributed by atoms with E-state index in [-0.39, 0.29) is 27.6 Å². The Kier molecular flexibility index (Phi) is 5.61. The molecular weight excluding hydrogens is 380 g/mol. The van der Waals surface area contributed by atoms with E-state index in [9.17, 15) is 14.9 Å². The summed E-state index contributed by atoms with van der Waals surface area (Å²) in [5.41, 5.74) is 2.60. The van der Waals surface area contributed by atoms with Gasteiger partial charge in [0, 0.05) is 34.6 Å². The van der Waals surface area contributed by atoms with Crippen molar-refractivity contribution < 1.29 is 14.5 Å². The van der Waals surface area contributed by atoms with Gasteiger partial charge in [-0.25, -0.2) is 0 Å². The lowest BCUT2D eigenvalue weighted by molar-refractivity contribution is -0.384. The Hall–Kier alpha value is -3.38. The average Bonchev–Trinajstić information content (AvgIpc) is 2.68. The van der Waals surface area contributed by atoms with Gasteiger partial charge in [0.15, 0.2) is 5.78 Å². The van der Waals surface area contributed by atoms with Crippen molar-refractivity contribution in [1.29, 1.82) is 0 Å². The molecule has 0 amide bonds. The second-order valence-electron chi connectivity index (χ2n) is 6.13. The number of nitrogens with zero attached hydrogens (tertiary/aromatic N) is 1. The van der Waals surface area contributed by atoms with Crippen LogP contribution in [-0.2, 0) is 0 Å². The summed E-state index contributed by atoms with van der Waals surface area (Å²) in [6.45, 7) is 1.73. The molecule has 0 unspecified atom stereocenters. The molecule has 0 heterocycles. The zero-order valence-electron chi connectivity index (χ0n) is 15.2. The third kappa shape index (κ3) is 4.13. The van der Waals surface area contributed by atoms with E-state index >= 15 is 0 Å². The summed E-state index contributed by atoms with van der Waals surface area (Å²) in [4.78, 5) is 23.3. The van der Waals surface area contributed by atoms with Crippen LogP contribution in [-0.4, -0.2) is 17.8 Å². The molecule has 7 heteroatoms. The first-order valence-corrected chi connectivity index (χ1v) is 8.77. The summed E-state index contributed by atoms with van der Waals surface area (Å²) in [6.07, 6.45) is 0. The minimum absolute atomic E-state index is 0.136. The zero-order valence-corrected chi connectivity index (χ0v) is 16.0. The molecule has 0 aliphatic carbocycles. The highest BCUT2D eigenvalue weighted by Crippen LogP contribution is 2.28. The van der Waals surface area contributed by atoms with Crippen molar-refractivity contribution in [2.75, 3.05) is 12.4 Å². The molecule has 0 aliphatic rings. The maximum absolute atomic E-state index is 12.9. The van der Waals surface area contributed by atoms with Crippen molar-refractivity contribution in [2.45, 2.75) is 6.92 Å². The highest BCUT2D eigenvalue weighted by molar-refractivity contribution is 6.35. The summed E-state index contributed by atoms with van der Waals surface area (Å²) in [5, 5.41) is 14.5. The molecule has 6 nitrogen and oxygen atoms in total. The second kappa shape index (κ2) is 8.10. The second-order valence-corrected chi connectivity index (χ2v) is 6.54. The topological polar surface area (TPSA) is 81.5 Å². The van der Waals surface area contributed by atoms with Gasteiger partial charge in [-0.1, -0.05) is 17.7 Å². The molecule has 142 valence electrons. The number of nitro groups is 1. The SMILES string of the molecule is COc1ccc(Nc2ccc(C(=O)c3cc([N+](=O)[O-])ccc3C)c(Cl)c2)cc1. The quantitative estimate of drug-likeness (QED) is 0.336. The number of hydrogen-bond acceptors (Lipinski definition) is 5. The number of benzene rings is 3. The normalized spacial score (nSPS) is 10.4. The van der Waals surface area contributed by atoms with Crippen molar-refractivity contribution in [3.05, 3.63) is 92.5 Å². The molecule has 0 atom stereocenters. The van der Waals surface area contributed by atoms with Crippen LogP contribution in [0.3, 0.4) is 0 Å². The van der Waals surface area contributed by atoms with Crippen molar-refractivity contribution in [1.82, 2.24) is 0 Å². The number of non-ortho nitro benzene ring substituents is 1. The number of halogens is 1. The predicted octanol–water partition coefficient (Wildman–Crippen LogP) is 5.54. The molecule has 0 radical (unpaired) electrons. The van der Waals surface area contributed by atoms with Gasteiger partial charge in [-0.15, -0.1) is 0 Å². The molecule has 0 saturated carbocycles. The number of hydrogen-bond donors (Lipinski definition) is 1. The number of ketones is 1. The first kappa shape index (κ1) is 19.4. The van der Waals surface area contributed by atoms with Gasteiger partial charge in [-0.2, -0.15) is 0 Å². The molecular formula is C21H17ClN2O4. The number of ether oxygens (including phenoxy) is 1. The molecule has 0 aromatic heterocycles. The Labute approximate surface area is 166 Å². The monoisotopic (exact) mass is 396 g/mol. The number of rotatable bonds is 6. The third-order valence-corrected chi connectivity index (χ3v) is 4.58. The lowest BCUT2D eigenvalue weighted by Gasteiger charge is -2.11. The van der Waals surface area contributed by atoms with Crippen LogP contribution in [0.5, 0.6) is 5.75 Å². The molecule has 0 fully saturated rings. The molecule has 1 N–H and O–H groups in total. The van der Waals surface area contributed by atoms with Crippen molar-refractivity contribution in [3.8, 4) is 5.75 Å². The van der Waals surface area contributed by atoms with Gasteiger partial charge in [-0.05, 0) is 55.0 Å². The molecule has 28 heavy (non-hydrogen) atoms. The Balaban J connectivity index is 1.86. The minimum Gasteiger partial charge on any atom is -0.497 e. The first-order valence-electron chi connectivity index (χ1n) is 8.39. The lowest BCUT2D eigenvalue weighted by Crippen LogP contribution is -2.06. The van der Waals surface area contributed by atoms with Gasteiger partial charge in [0.05, 0.1) is 17.1 Å². The van der Waals surface area contributed by atoms with E-state index < -0.39 is 4.92 Å². The highest BCUT2D eigenvalue weighted by Gasteiger charge is 2.18. The standard InChI is InChI=1S/C21H17ClN2O4/c1-13-3-7-16(24(26)27)12-19(13)21(25)18-10-6-15(11-20(18)22)23-14-4-8-17(28-2)9-5-14/h3-12,23H,1-2H3. The van der Waals surface area contributed by atoms with E-state index in [1.807, 2.05) is 24.3 Å². The van der Waals surface area contributed by atoms with Crippen LogP contribution < -0.4 is 10.1 Å². The van der Waals surface area contributed by atoms with E-state index in [2.05, 4.69) is 5.32 Å². The average molecular weight is 397 g/mol. The number of carbonyl (C=O) groups is 1. The lowest BCUT2D eigenvalue weighted by atomic mass is 9.98. The summed E-state index contributed by atoms with van der Waals surface area (Å²) in [6, 6.07) is 16.6. The van der Waals surface area contributed by atoms with Crippen LogP contribution in [0, 0.1) is 17.0 Å². The van der Waals surface area contributed by atoms with E-state index in [0.29, 0.717) is 11.3 Å². The van der Waals surface area contributed by atoms with Crippen LogP contribution in [0.25, 0.3) is 0 Å². The molecule has 0 bridgehead atoms. The molecule has 3 aromatic rings. The number of carbonyl (C=O) groups excluding carboxylic acids is 1. The Morgan fingerprint density at radius 2 is 1.68 bits per heavy atom. The number of methoxy groups -OCH3 is 1. The fourth-order valence-electron chi connectivity index (χ4n) is 2.73. The summed E-state index contributed by atoms with van der Waals surface area (Å²) < 4.78 is 5.13. The number of anilines is 2. The predicted molar refractivity (Wildman–Crippen MR) is 109 cm³/mol. The molecule has 3 rings (SSSR count). The van der Waals surface area contributed by atoms with Gasteiger partial charge in [0.25, 0.3) is 5.69 Å². The van der Waals surface area contributed by atoms with Gasteiger partial charge in [0.2, 0.25) is 0 Å². The van der Waals surface area contributed by atoms with Gasteiger partial charge in [0.1, 0.15) is 5.75 Å². The van der Waals surface area contributed by atoms with E-state index in [1.165, 1.54) is 12.1 Å². The van der Waals surface area contributed by atoms with E-state index in [4.69, 9.17) is 16.3 Å². The third-order valence-electron chi connectivity index (χ3n) is 4.27. The highest BCUT2D eigenvalue weighted by atomic mass is 35.5. The van der Waals surface area contributed by atoms with Crippen LogP contribution in [0.1, 0.15) is 21.5 Å². The van der Waals surface area contributed by atoms with E-state index in [1.54, 1.807) is 38.3 Å². The largest absolute Gasteiger partial charge is 0.497 e. The fraction of sp³-hybridized carbons (Fsp3) is 0.0952. The fourth-order valence-corrected chi connectivity index (χ4v) is 3.00. The maximum atomic E-state index is 12.9. The number of aryl methyl sites for hydroxylation is 1. The summed E-state index contributed by atoms with van der Waals surface area (Å²) >= 11 is 6.33. The first-order chi connectivity index (χ1) is 13.4. The Morgan fingerprint density at radius 3 is 2.29 bits per heavy atom. The van der Waals surface area contributed by atoms with Crippen molar-refractivity contribution in [2.24, 2.45) is 0 Å². The molecule has 0 spiro atoms. The van der Waals surface area contributed by atoms with Gasteiger partial charge >= 0.3 is 0 Å². The van der Waals surface area contributed by atoms with E-state index in [0.717, 1.165) is 11.4 Å². The Morgan fingerprint density at radius 1 is 1.00 bits per heavy atom. The van der Waals surface area contributed by atoms with Crippen LogP contribution in [0.15, 0.2) is 60.7 Å². The Bertz CT molecular complexity index is 1050. The van der Waals surface area contributed by atoms with Gasteiger partial charge in [-0.3, -0.25) is 14.9 Å². The molecule has 3 aromatic carbocycles. The van der Waals surface area contributed by atoms with Crippen LogP contribution >= 0.6 is 11.6 Å². The van der Waals surface area contributed by atoms with Crippen molar-refractivity contribution in [3.63, 3.8) is 0 Å². The summed E-state index contributed by atoms with van der Waals surface area (Å²) in [7, 11) is 1.60. The number of nitrogens with one attached hydrogen (secondary N) is 1. The minimum atomic E-state index is -0.528. The maximum Gasteiger partial charge on any atom is 0.270 e. The number of nitro benzene ring substituents is 1. The van der Waals surface area contributed by atoms with Crippen molar-refractivity contribution >= 4 is 34.4 Å². The summed E-state index contributed by atoms with van der Waals surface area (Å²) in [5.74, 6) is 0.388.